The largest absolute Gasteiger partial charge is 0.437 e. The molecule has 0 unspecified atom stereocenters. The third-order valence-electron chi connectivity index (χ3n) is 3.96. The van der Waals surface area contributed by atoms with Crippen molar-refractivity contribution in [2.24, 2.45) is 0 Å². The van der Waals surface area contributed by atoms with Crippen LogP contribution in [0, 0.1) is 5.82 Å². The second-order valence-electron chi connectivity index (χ2n) is 5.85. The Morgan fingerprint density at radius 1 is 1.26 bits per heavy atom. The smallest absolute Gasteiger partial charge is 0.410 e. The Hall–Kier alpha value is -2.64. The molecular weight excluding hydrogens is 305 g/mol. The van der Waals surface area contributed by atoms with Crippen LogP contribution in [0.15, 0.2) is 24.3 Å². The van der Waals surface area contributed by atoms with E-state index in [1.807, 2.05) is 0 Å². The molecule has 0 bridgehead atoms. The average molecular weight is 321 g/mol. The summed E-state index contributed by atoms with van der Waals surface area (Å²) in [4.78, 5) is 38.2. The number of benzene rings is 1. The fourth-order valence-electron chi connectivity index (χ4n) is 2.75. The number of rotatable bonds is 3. The van der Waals surface area contributed by atoms with Crippen molar-refractivity contribution >= 4 is 17.9 Å². The zero-order valence-electron chi connectivity index (χ0n) is 12.5. The van der Waals surface area contributed by atoms with Gasteiger partial charge in [-0.1, -0.05) is 0 Å². The maximum atomic E-state index is 12.8. The third-order valence-corrected chi connectivity index (χ3v) is 3.96. The minimum Gasteiger partial charge on any atom is -0.437 e. The number of likely N-dealkylation sites (N-methyl/N-ethyl adjacent to an activating group) is 1. The number of carbonyl (C=O) groups excluding carboxylic acids is 3. The number of nitrogens with zero attached hydrogens (tertiary/aromatic N) is 2. The number of hydrogen-bond donors (Lipinski definition) is 1. The fraction of sp³-hybridized carbons (Fsp3) is 0.400. The van der Waals surface area contributed by atoms with E-state index in [0.717, 1.165) is 0 Å². The highest BCUT2D eigenvalue weighted by Crippen LogP contribution is 2.31. The lowest BCUT2D eigenvalue weighted by Crippen LogP contribution is -2.66. The summed E-state index contributed by atoms with van der Waals surface area (Å²) in [6, 6.07) is 5.06. The quantitative estimate of drug-likeness (QED) is 0.864. The molecule has 0 radical (unpaired) electrons. The van der Waals surface area contributed by atoms with Gasteiger partial charge >= 0.3 is 6.09 Å². The first kappa shape index (κ1) is 15.3. The van der Waals surface area contributed by atoms with Crippen molar-refractivity contribution < 1.29 is 23.5 Å². The lowest BCUT2D eigenvalue weighted by atomic mass is 9.94. The van der Waals surface area contributed by atoms with Crippen LogP contribution in [-0.4, -0.2) is 66.5 Å². The number of hydrogen-bond acceptors (Lipinski definition) is 4. The summed E-state index contributed by atoms with van der Waals surface area (Å²) < 4.78 is 18.0. The maximum Gasteiger partial charge on any atom is 0.410 e. The molecule has 2 aliphatic rings. The number of nitrogens with one attached hydrogen (secondary N) is 1. The average Bonchev–Trinajstić information content (AvgIpc) is 2.79. The molecule has 1 N–H and O–H groups in total. The van der Waals surface area contributed by atoms with Gasteiger partial charge in [0.25, 0.3) is 5.91 Å². The molecule has 23 heavy (non-hydrogen) atoms. The summed E-state index contributed by atoms with van der Waals surface area (Å²) in [6.45, 7) is 0.955. The first-order valence-corrected chi connectivity index (χ1v) is 7.14. The Kier molecular flexibility index (Phi) is 3.67. The monoisotopic (exact) mass is 321 g/mol. The summed E-state index contributed by atoms with van der Waals surface area (Å²) in [5.74, 6) is -1.13. The Bertz CT molecular complexity index is 655. The Balaban J connectivity index is 1.47. The molecule has 122 valence electrons. The predicted molar refractivity (Wildman–Crippen MR) is 77.2 cm³/mol. The molecule has 1 aromatic rings. The van der Waals surface area contributed by atoms with Gasteiger partial charge < -0.3 is 19.9 Å². The number of amides is 3. The van der Waals surface area contributed by atoms with Crippen LogP contribution >= 0.6 is 0 Å². The molecule has 2 fully saturated rings. The normalized spacial score (nSPS) is 18.6. The molecule has 0 aliphatic carbocycles. The van der Waals surface area contributed by atoms with Crippen LogP contribution in [0.5, 0.6) is 0 Å². The number of likely N-dealkylation sites (tertiary alicyclic amines) is 1. The molecule has 1 aromatic carbocycles. The second-order valence-corrected chi connectivity index (χ2v) is 5.85. The number of halogens is 1. The lowest BCUT2D eigenvalue weighted by Gasteiger charge is -2.45. The maximum absolute atomic E-state index is 12.8. The standard InChI is InChI=1S/C15H16FN3O4/c1-18-7-15(23-14(18)22)8-19(9-15)12(20)6-17-13(21)10-2-4-11(16)5-3-10/h2-5H,6-9H2,1H3,(H,17,21). The van der Waals surface area contributed by atoms with Crippen molar-refractivity contribution in [1.82, 2.24) is 15.1 Å². The van der Waals surface area contributed by atoms with Gasteiger partial charge in [0.15, 0.2) is 5.60 Å². The van der Waals surface area contributed by atoms with E-state index in [1.165, 1.54) is 34.1 Å². The van der Waals surface area contributed by atoms with Crippen LogP contribution in [0.2, 0.25) is 0 Å². The summed E-state index contributed by atoms with van der Waals surface area (Å²) in [5.41, 5.74) is -0.326. The molecule has 1 spiro atoms. The van der Waals surface area contributed by atoms with E-state index >= 15 is 0 Å². The van der Waals surface area contributed by atoms with E-state index < -0.39 is 17.3 Å². The molecule has 3 rings (SSSR count). The van der Waals surface area contributed by atoms with Crippen molar-refractivity contribution in [3.63, 3.8) is 0 Å². The Morgan fingerprint density at radius 2 is 1.91 bits per heavy atom. The summed E-state index contributed by atoms with van der Waals surface area (Å²) in [6.07, 6.45) is -0.387. The molecule has 8 heteroatoms. The van der Waals surface area contributed by atoms with E-state index in [2.05, 4.69) is 5.32 Å². The van der Waals surface area contributed by atoms with Gasteiger partial charge in [-0.2, -0.15) is 0 Å². The van der Waals surface area contributed by atoms with Gasteiger partial charge in [0.2, 0.25) is 5.91 Å². The van der Waals surface area contributed by atoms with Crippen molar-refractivity contribution in [3.8, 4) is 0 Å². The van der Waals surface area contributed by atoms with Gasteiger partial charge in [-0.05, 0) is 24.3 Å². The van der Waals surface area contributed by atoms with E-state index in [-0.39, 0.29) is 24.1 Å². The van der Waals surface area contributed by atoms with Crippen molar-refractivity contribution in [1.29, 1.82) is 0 Å². The van der Waals surface area contributed by atoms with Crippen LogP contribution in [0.3, 0.4) is 0 Å². The van der Waals surface area contributed by atoms with Crippen LogP contribution < -0.4 is 5.32 Å². The molecule has 2 heterocycles. The van der Waals surface area contributed by atoms with Gasteiger partial charge in [-0.3, -0.25) is 9.59 Å². The highest BCUT2D eigenvalue weighted by atomic mass is 19.1. The summed E-state index contributed by atoms with van der Waals surface area (Å²) >= 11 is 0. The molecule has 2 aliphatic heterocycles. The SMILES string of the molecule is CN1CC2(CN(C(=O)CNC(=O)c3ccc(F)cc3)C2)OC1=O. The van der Waals surface area contributed by atoms with E-state index in [4.69, 9.17) is 4.74 Å². The minimum atomic E-state index is -0.609. The lowest BCUT2D eigenvalue weighted by molar-refractivity contribution is -0.148. The molecule has 3 amide bonds. The van der Waals surface area contributed by atoms with Gasteiger partial charge in [0.1, 0.15) is 5.82 Å². The summed E-state index contributed by atoms with van der Waals surface area (Å²) in [5, 5.41) is 2.49. The van der Waals surface area contributed by atoms with Gasteiger partial charge in [0, 0.05) is 12.6 Å². The highest BCUT2D eigenvalue weighted by Gasteiger charge is 2.53. The van der Waals surface area contributed by atoms with Gasteiger partial charge in [0.05, 0.1) is 26.2 Å². The second kappa shape index (κ2) is 5.53. The fourth-order valence-corrected chi connectivity index (χ4v) is 2.75. The molecule has 7 nitrogen and oxygen atoms in total. The molecule has 0 aromatic heterocycles. The molecule has 0 saturated carbocycles. The van der Waals surface area contributed by atoms with Gasteiger partial charge in [-0.15, -0.1) is 0 Å². The first-order valence-electron chi connectivity index (χ1n) is 7.14. The van der Waals surface area contributed by atoms with Crippen LogP contribution in [0.25, 0.3) is 0 Å². The zero-order chi connectivity index (χ0) is 16.6. The summed E-state index contributed by atoms with van der Waals surface area (Å²) in [7, 11) is 1.64. The zero-order valence-corrected chi connectivity index (χ0v) is 12.5. The molecule has 2 saturated heterocycles. The first-order chi connectivity index (χ1) is 10.9. The third kappa shape index (κ3) is 2.96. The van der Waals surface area contributed by atoms with E-state index in [9.17, 15) is 18.8 Å². The predicted octanol–water partition coefficient (Wildman–Crippen LogP) is 0.218. The Labute approximate surface area is 132 Å². The topological polar surface area (TPSA) is 78.9 Å². The Morgan fingerprint density at radius 3 is 2.48 bits per heavy atom. The van der Waals surface area contributed by atoms with E-state index in [0.29, 0.717) is 19.6 Å². The van der Waals surface area contributed by atoms with Crippen molar-refractivity contribution in [2.75, 3.05) is 33.2 Å². The van der Waals surface area contributed by atoms with Crippen LogP contribution in [0.4, 0.5) is 9.18 Å². The molecular formula is C15H16FN3O4. The van der Waals surface area contributed by atoms with Crippen LogP contribution in [-0.2, 0) is 9.53 Å². The molecule has 0 atom stereocenters. The van der Waals surface area contributed by atoms with Crippen molar-refractivity contribution in [2.45, 2.75) is 5.60 Å². The van der Waals surface area contributed by atoms with E-state index in [1.54, 1.807) is 7.05 Å². The number of carbonyl (C=O) groups is 3. The number of ether oxygens (including phenoxy) is 1. The highest BCUT2D eigenvalue weighted by molar-refractivity contribution is 5.96. The minimum absolute atomic E-state index is 0.157. The van der Waals surface area contributed by atoms with Crippen molar-refractivity contribution in [3.05, 3.63) is 35.6 Å². The van der Waals surface area contributed by atoms with Crippen LogP contribution in [0.1, 0.15) is 10.4 Å². The van der Waals surface area contributed by atoms with Gasteiger partial charge in [-0.25, -0.2) is 9.18 Å².